The van der Waals surface area contributed by atoms with Gasteiger partial charge in [-0.05, 0) is 38.5 Å². The molecular weight excluding hydrogens is 230 g/mol. The Kier molecular flexibility index (Phi) is 2.47. The van der Waals surface area contributed by atoms with E-state index in [4.69, 9.17) is 11.6 Å². The molecule has 80 valence electrons. The van der Waals surface area contributed by atoms with E-state index in [1.54, 1.807) is 11.8 Å². The summed E-state index contributed by atoms with van der Waals surface area (Å²) in [7, 11) is 0. The zero-order chi connectivity index (χ0) is 11.2. The van der Waals surface area contributed by atoms with Crippen LogP contribution in [-0.2, 0) is 4.79 Å². The molecule has 2 rings (SSSR count). The number of carbonyl (C=O) groups excluding carboxylic acids is 1. The van der Waals surface area contributed by atoms with Crippen LogP contribution in [-0.4, -0.2) is 10.7 Å². The van der Waals surface area contributed by atoms with Crippen molar-refractivity contribution in [3.63, 3.8) is 0 Å². The van der Waals surface area contributed by atoms with E-state index in [9.17, 15) is 4.79 Å². The number of rotatable bonds is 0. The van der Waals surface area contributed by atoms with E-state index in [1.807, 2.05) is 32.9 Å². The third-order valence-corrected chi connectivity index (χ3v) is 3.88. The molecule has 15 heavy (non-hydrogen) atoms. The fraction of sp³-hybridized carbons (Fsp3) is 0.364. The topological polar surface area (TPSA) is 29.1 Å². The number of fused-ring (bicyclic) bond motifs is 1. The number of amides is 1. The molecule has 0 unspecified atom stereocenters. The van der Waals surface area contributed by atoms with E-state index in [-0.39, 0.29) is 5.91 Å². The number of thioether (sulfide) groups is 1. The molecule has 1 aliphatic rings. The first-order valence-electron chi connectivity index (χ1n) is 4.71. The second-order valence-electron chi connectivity index (χ2n) is 4.19. The molecule has 0 saturated heterocycles. The van der Waals surface area contributed by atoms with Crippen LogP contribution in [0.4, 0.5) is 5.69 Å². The molecule has 1 heterocycles. The molecule has 1 aliphatic heterocycles. The maximum Gasteiger partial charge on any atom is 0.240 e. The number of carbonyl (C=O) groups is 1. The molecule has 0 aromatic heterocycles. The Morgan fingerprint density at radius 2 is 2.07 bits per heavy atom. The highest BCUT2D eigenvalue weighted by atomic mass is 35.5. The fourth-order valence-corrected chi connectivity index (χ4v) is 3.08. The predicted octanol–water partition coefficient (Wildman–Crippen LogP) is 3.47. The monoisotopic (exact) mass is 241 g/mol. The molecule has 0 spiro atoms. The largest absolute Gasteiger partial charge is 0.323 e. The van der Waals surface area contributed by atoms with Crippen molar-refractivity contribution < 1.29 is 4.79 Å². The quantitative estimate of drug-likeness (QED) is 0.754. The molecule has 1 N–H and O–H groups in total. The lowest BCUT2D eigenvalue weighted by Gasteiger charge is -2.30. The summed E-state index contributed by atoms with van der Waals surface area (Å²) >= 11 is 7.63. The van der Waals surface area contributed by atoms with Crippen LogP contribution < -0.4 is 5.32 Å². The molecule has 0 saturated carbocycles. The van der Waals surface area contributed by atoms with E-state index < -0.39 is 4.75 Å². The van der Waals surface area contributed by atoms with Gasteiger partial charge in [-0.1, -0.05) is 11.6 Å². The molecule has 1 aromatic carbocycles. The van der Waals surface area contributed by atoms with Gasteiger partial charge >= 0.3 is 0 Å². The summed E-state index contributed by atoms with van der Waals surface area (Å²) in [6, 6.07) is 3.91. The number of anilines is 1. The van der Waals surface area contributed by atoms with E-state index in [0.29, 0.717) is 5.02 Å². The second kappa shape index (κ2) is 3.42. The van der Waals surface area contributed by atoms with Gasteiger partial charge in [0.05, 0.1) is 15.5 Å². The van der Waals surface area contributed by atoms with Crippen molar-refractivity contribution in [2.24, 2.45) is 0 Å². The zero-order valence-electron chi connectivity index (χ0n) is 8.85. The van der Waals surface area contributed by atoms with Gasteiger partial charge in [0.25, 0.3) is 0 Å². The Labute approximate surface area is 98.4 Å². The number of halogens is 1. The number of benzene rings is 1. The van der Waals surface area contributed by atoms with Crippen molar-refractivity contribution >= 4 is 35.0 Å². The maximum atomic E-state index is 11.7. The number of aryl methyl sites for hydroxylation is 1. The van der Waals surface area contributed by atoms with E-state index in [0.717, 1.165) is 16.1 Å². The van der Waals surface area contributed by atoms with Crippen LogP contribution in [0.1, 0.15) is 19.4 Å². The van der Waals surface area contributed by atoms with Gasteiger partial charge in [-0.2, -0.15) is 0 Å². The molecule has 0 atom stereocenters. The van der Waals surface area contributed by atoms with Crippen molar-refractivity contribution in [3.05, 3.63) is 22.7 Å². The van der Waals surface area contributed by atoms with Crippen molar-refractivity contribution in [1.82, 2.24) is 0 Å². The number of hydrogen-bond acceptors (Lipinski definition) is 2. The highest BCUT2D eigenvalue weighted by Gasteiger charge is 2.35. The maximum absolute atomic E-state index is 11.7. The van der Waals surface area contributed by atoms with Gasteiger partial charge in [-0.25, -0.2) is 0 Å². The Hall–Kier alpha value is -0.670. The van der Waals surface area contributed by atoms with Crippen molar-refractivity contribution in [2.75, 3.05) is 5.32 Å². The molecule has 0 bridgehead atoms. The average Bonchev–Trinajstić information content (AvgIpc) is 2.08. The molecule has 0 aliphatic carbocycles. The Balaban J connectivity index is 2.55. The van der Waals surface area contributed by atoms with Gasteiger partial charge in [0, 0.05) is 4.90 Å². The SMILES string of the molecule is Cc1cc(Cl)c2c(c1)SC(C)(C)C(=O)N2. The number of hydrogen-bond donors (Lipinski definition) is 1. The minimum absolute atomic E-state index is 0.00533. The molecule has 1 aromatic rings. The van der Waals surface area contributed by atoms with E-state index in [1.165, 1.54) is 0 Å². The summed E-state index contributed by atoms with van der Waals surface area (Å²) in [5.74, 6) is 0.00533. The summed E-state index contributed by atoms with van der Waals surface area (Å²) in [5, 5.41) is 3.47. The third kappa shape index (κ3) is 1.86. The van der Waals surface area contributed by atoms with Crippen LogP contribution in [0, 0.1) is 6.92 Å². The first-order chi connectivity index (χ1) is 6.90. The minimum Gasteiger partial charge on any atom is -0.323 e. The van der Waals surface area contributed by atoms with E-state index >= 15 is 0 Å². The third-order valence-electron chi connectivity index (χ3n) is 2.35. The van der Waals surface area contributed by atoms with Gasteiger partial charge in [-0.3, -0.25) is 4.79 Å². The second-order valence-corrected chi connectivity index (χ2v) is 6.26. The van der Waals surface area contributed by atoms with Crippen LogP contribution >= 0.6 is 23.4 Å². The molecule has 0 fully saturated rings. The highest BCUT2D eigenvalue weighted by Crippen LogP contribution is 2.45. The number of nitrogens with one attached hydrogen (secondary N) is 1. The lowest BCUT2D eigenvalue weighted by atomic mass is 10.1. The Bertz CT molecular complexity index is 442. The Morgan fingerprint density at radius 3 is 2.73 bits per heavy atom. The molecule has 0 radical (unpaired) electrons. The first-order valence-corrected chi connectivity index (χ1v) is 5.90. The fourth-order valence-electron chi connectivity index (χ4n) is 1.50. The van der Waals surface area contributed by atoms with Gasteiger partial charge in [0.1, 0.15) is 0 Å². The van der Waals surface area contributed by atoms with Gasteiger partial charge < -0.3 is 5.32 Å². The van der Waals surface area contributed by atoms with Gasteiger partial charge in [-0.15, -0.1) is 11.8 Å². The van der Waals surface area contributed by atoms with Crippen LogP contribution in [0.2, 0.25) is 5.02 Å². The summed E-state index contributed by atoms with van der Waals surface area (Å²) in [5.41, 5.74) is 1.86. The first kappa shape index (κ1) is 10.8. The van der Waals surface area contributed by atoms with Crippen molar-refractivity contribution in [2.45, 2.75) is 30.4 Å². The normalized spacial score (nSPS) is 18.3. The Morgan fingerprint density at radius 1 is 1.40 bits per heavy atom. The highest BCUT2D eigenvalue weighted by molar-refractivity contribution is 8.01. The van der Waals surface area contributed by atoms with Crippen LogP contribution in [0.25, 0.3) is 0 Å². The van der Waals surface area contributed by atoms with Gasteiger partial charge in [0.2, 0.25) is 5.91 Å². The summed E-state index contributed by atoms with van der Waals surface area (Å²) < 4.78 is -0.426. The zero-order valence-corrected chi connectivity index (χ0v) is 10.4. The standard InChI is InChI=1S/C11H12ClNOS/c1-6-4-7(12)9-8(5-6)15-11(2,3)10(14)13-9/h4-5H,1-3H3,(H,13,14). The summed E-state index contributed by atoms with van der Waals surface area (Å²) in [4.78, 5) is 12.8. The summed E-state index contributed by atoms with van der Waals surface area (Å²) in [6.07, 6.45) is 0. The van der Waals surface area contributed by atoms with Crippen molar-refractivity contribution in [3.8, 4) is 0 Å². The van der Waals surface area contributed by atoms with Crippen LogP contribution in [0.3, 0.4) is 0 Å². The molecular formula is C11H12ClNOS. The lowest BCUT2D eigenvalue weighted by molar-refractivity contribution is -0.117. The smallest absolute Gasteiger partial charge is 0.240 e. The van der Waals surface area contributed by atoms with Gasteiger partial charge in [0.15, 0.2) is 0 Å². The summed E-state index contributed by atoms with van der Waals surface area (Å²) in [6.45, 7) is 5.81. The van der Waals surface area contributed by atoms with Crippen LogP contribution in [0.15, 0.2) is 17.0 Å². The molecule has 1 amide bonds. The van der Waals surface area contributed by atoms with E-state index in [2.05, 4.69) is 5.32 Å². The lowest BCUT2D eigenvalue weighted by Crippen LogP contribution is -2.37. The minimum atomic E-state index is -0.426. The molecule has 2 nitrogen and oxygen atoms in total. The van der Waals surface area contributed by atoms with Crippen molar-refractivity contribution in [1.29, 1.82) is 0 Å². The predicted molar refractivity (Wildman–Crippen MR) is 64.8 cm³/mol. The van der Waals surface area contributed by atoms with Crippen LogP contribution in [0.5, 0.6) is 0 Å². The molecule has 4 heteroatoms. The average molecular weight is 242 g/mol.